The van der Waals surface area contributed by atoms with E-state index in [1.807, 2.05) is 55.7 Å². The number of carboxylic acids is 1. The fourth-order valence-electron chi connectivity index (χ4n) is 6.37. The number of aliphatic carboxylic acids is 1. The molecule has 16 heteroatoms. The second-order valence-corrected chi connectivity index (χ2v) is 14.2. The number of nitrogens with one attached hydrogen (secondary N) is 2. The number of nitrogens with two attached hydrogens (primary N) is 1. The number of aliphatic hydroxyl groups is 1. The molecule has 1 aliphatic rings. The van der Waals surface area contributed by atoms with Gasteiger partial charge < -0.3 is 36.0 Å². The zero-order valence-corrected chi connectivity index (χ0v) is 30.8. The lowest BCUT2D eigenvalue weighted by atomic mass is 9.82. The normalized spacial score (nSPS) is 14.4. The first kappa shape index (κ1) is 42.0. The highest BCUT2D eigenvalue weighted by Crippen LogP contribution is 2.41. The third-order valence-electron chi connectivity index (χ3n) is 9.08. The summed E-state index contributed by atoms with van der Waals surface area (Å²) < 4.78 is 31.2. The van der Waals surface area contributed by atoms with E-state index in [1.165, 1.54) is 4.90 Å². The summed E-state index contributed by atoms with van der Waals surface area (Å²) in [6.45, 7) is 4.72. The zero-order valence-electron chi connectivity index (χ0n) is 30.8. The first-order valence-electron chi connectivity index (χ1n) is 17.7. The van der Waals surface area contributed by atoms with E-state index >= 15 is 4.39 Å². The number of amides is 5. The first-order chi connectivity index (χ1) is 26.0. The number of hydrogen-bond acceptors (Lipinski definition) is 8. The van der Waals surface area contributed by atoms with Gasteiger partial charge in [-0.15, -0.1) is 0 Å². The summed E-state index contributed by atoms with van der Waals surface area (Å²) in [6.07, 6.45) is 3.13. The summed E-state index contributed by atoms with van der Waals surface area (Å²) in [5, 5.41) is 24.7. The largest absolute Gasteiger partial charge is 0.480 e. The second-order valence-electron chi connectivity index (χ2n) is 14.2. The van der Waals surface area contributed by atoms with Crippen LogP contribution in [0.5, 0.6) is 0 Å². The van der Waals surface area contributed by atoms with Crippen molar-refractivity contribution in [3.8, 4) is 11.1 Å². The quantitative estimate of drug-likeness (QED) is 0.121. The van der Waals surface area contributed by atoms with Crippen molar-refractivity contribution in [2.24, 2.45) is 11.1 Å². The van der Waals surface area contributed by atoms with Crippen molar-refractivity contribution in [1.29, 1.82) is 0 Å². The number of carboxylic acid groups (broad SMARTS) is 1. The number of aliphatic hydroxyl groups excluding tert-OH is 1. The number of aromatic nitrogens is 1. The highest BCUT2D eigenvalue weighted by atomic mass is 19.1. The molecule has 55 heavy (non-hydrogen) atoms. The average Bonchev–Trinajstić information content (AvgIpc) is 3.69. The predicted octanol–water partition coefficient (Wildman–Crippen LogP) is 2.50. The molecule has 0 spiro atoms. The Balaban J connectivity index is 1.50. The van der Waals surface area contributed by atoms with Crippen molar-refractivity contribution >= 4 is 35.5 Å². The number of benzene rings is 2. The maximum absolute atomic E-state index is 15.0. The van der Waals surface area contributed by atoms with E-state index in [9.17, 15) is 43.4 Å². The second kappa shape index (κ2) is 18.5. The van der Waals surface area contributed by atoms with Crippen LogP contribution in [-0.4, -0.2) is 98.4 Å². The Hall–Kier alpha value is -5.74. The molecule has 3 aromatic rings. The monoisotopic (exact) mass is 764 g/mol. The van der Waals surface area contributed by atoms with Crippen LogP contribution in [0.25, 0.3) is 11.1 Å². The molecule has 0 fully saturated rings. The summed E-state index contributed by atoms with van der Waals surface area (Å²) >= 11 is 0. The fourth-order valence-corrected chi connectivity index (χ4v) is 6.37. The van der Waals surface area contributed by atoms with Gasteiger partial charge in [0.2, 0.25) is 17.7 Å². The highest BCUT2D eigenvalue weighted by Gasteiger charge is 2.38. The van der Waals surface area contributed by atoms with Gasteiger partial charge in [0.25, 0.3) is 11.8 Å². The summed E-state index contributed by atoms with van der Waals surface area (Å²) in [5.74, 6) is -5.83. The lowest BCUT2D eigenvalue weighted by Gasteiger charge is -2.41. The van der Waals surface area contributed by atoms with Crippen LogP contribution in [0.3, 0.4) is 0 Å². The van der Waals surface area contributed by atoms with Gasteiger partial charge in [0.15, 0.2) is 0 Å². The van der Waals surface area contributed by atoms with Crippen LogP contribution >= 0.6 is 0 Å². The molecule has 2 aromatic carbocycles. The summed E-state index contributed by atoms with van der Waals surface area (Å²) in [6, 6.07) is 10.5. The van der Waals surface area contributed by atoms with Gasteiger partial charge in [0.05, 0.1) is 12.1 Å². The molecule has 0 radical (unpaired) electrons. The van der Waals surface area contributed by atoms with E-state index in [2.05, 4.69) is 10.6 Å². The van der Waals surface area contributed by atoms with Gasteiger partial charge in [-0.2, -0.15) is 0 Å². The van der Waals surface area contributed by atoms with Gasteiger partial charge in [-0.05, 0) is 48.1 Å². The number of carbonyl (C=O) groups excluding carboxylic acids is 5. The average molecular weight is 765 g/mol. The number of halogens is 2. The number of rotatable bonds is 18. The van der Waals surface area contributed by atoms with E-state index in [4.69, 9.17) is 5.73 Å². The van der Waals surface area contributed by atoms with Crippen molar-refractivity contribution in [1.82, 2.24) is 25.0 Å². The first-order valence-corrected chi connectivity index (χ1v) is 17.7. The Labute approximate surface area is 317 Å². The van der Waals surface area contributed by atoms with Crippen molar-refractivity contribution in [2.45, 2.75) is 64.7 Å². The van der Waals surface area contributed by atoms with Gasteiger partial charge in [0, 0.05) is 67.8 Å². The minimum absolute atomic E-state index is 0.0116. The molecule has 2 heterocycles. The topological polar surface area (TPSA) is 204 Å². The van der Waals surface area contributed by atoms with E-state index in [0.717, 1.165) is 40.8 Å². The molecule has 294 valence electrons. The van der Waals surface area contributed by atoms with Crippen LogP contribution < -0.4 is 16.4 Å². The molecule has 5 amide bonds. The van der Waals surface area contributed by atoms with Crippen molar-refractivity contribution in [3.63, 3.8) is 0 Å². The zero-order chi connectivity index (χ0) is 40.4. The molecule has 14 nitrogen and oxygen atoms in total. The van der Waals surface area contributed by atoms with Crippen LogP contribution in [0.2, 0.25) is 0 Å². The van der Waals surface area contributed by atoms with Crippen molar-refractivity contribution in [2.75, 3.05) is 26.2 Å². The van der Waals surface area contributed by atoms with Gasteiger partial charge >= 0.3 is 5.97 Å². The van der Waals surface area contributed by atoms with E-state index < -0.39 is 77.3 Å². The Morgan fingerprint density at radius 2 is 1.64 bits per heavy atom. The van der Waals surface area contributed by atoms with Crippen LogP contribution in [0.15, 0.2) is 72.9 Å². The molecule has 0 saturated carbocycles. The molecule has 0 unspecified atom stereocenters. The Kier molecular flexibility index (Phi) is 14.2. The van der Waals surface area contributed by atoms with Crippen LogP contribution in [0.1, 0.15) is 57.3 Å². The third kappa shape index (κ3) is 11.1. The number of carbonyl (C=O) groups is 6. The van der Waals surface area contributed by atoms with Crippen molar-refractivity contribution in [3.05, 3.63) is 95.8 Å². The minimum atomic E-state index is -1.49. The summed E-state index contributed by atoms with van der Waals surface area (Å²) in [5.41, 5.74) is 7.28. The van der Waals surface area contributed by atoms with Crippen LogP contribution in [-0.2, 0) is 35.3 Å². The van der Waals surface area contributed by atoms with Crippen LogP contribution in [0.4, 0.5) is 8.78 Å². The molecule has 1 aromatic heterocycles. The van der Waals surface area contributed by atoms with E-state index in [1.54, 1.807) is 12.3 Å². The van der Waals surface area contributed by atoms with E-state index in [-0.39, 0.29) is 44.5 Å². The Morgan fingerprint density at radius 1 is 0.964 bits per heavy atom. The molecule has 3 atom stereocenters. The number of nitrogens with zero attached hydrogens (tertiary/aromatic N) is 3. The molecule has 4 rings (SSSR count). The summed E-state index contributed by atoms with van der Waals surface area (Å²) in [7, 11) is 0. The van der Waals surface area contributed by atoms with Gasteiger partial charge in [0.1, 0.15) is 24.3 Å². The Morgan fingerprint density at radius 3 is 2.25 bits per heavy atom. The Bertz CT molecular complexity index is 1910. The van der Waals surface area contributed by atoms with Crippen molar-refractivity contribution < 1.29 is 47.8 Å². The molecular weight excluding hydrogens is 718 g/mol. The minimum Gasteiger partial charge on any atom is -0.480 e. The summed E-state index contributed by atoms with van der Waals surface area (Å²) in [4.78, 5) is 76.6. The molecule has 6 N–H and O–H groups in total. The molecule has 1 aliphatic heterocycles. The molecule has 0 aliphatic carbocycles. The SMILES string of the molecule is CC(C)(C)[C@H](c1cc(-c2cc(F)ccc2F)cn1Cc1ccccc1)N(CC[C@H](N)C(=O)N[C@@H](CCC(=O)NCCN1C(=O)C=CC1=O)C(=O)O)C(=O)CO. The number of hydrogen-bond donors (Lipinski definition) is 5. The van der Waals surface area contributed by atoms with Gasteiger partial charge in [-0.25, -0.2) is 13.6 Å². The smallest absolute Gasteiger partial charge is 0.326 e. The lowest BCUT2D eigenvalue weighted by molar-refractivity contribution is -0.142. The van der Waals surface area contributed by atoms with Gasteiger partial charge in [-0.1, -0.05) is 51.1 Å². The highest BCUT2D eigenvalue weighted by molar-refractivity contribution is 6.12. The van der Waals surface area contributed by atoms with Crippen LogP contribution in [0, 0.1) is 17.0 Å². The third-order valence-corrected chi connectivity index (χ3v) is 9.08. The fraction of sp³-hybridized carbons (Fsp3) is 0.385. The standard InChI is InChI=1S/C39H46F2N6O8/c1-39(2,3)36(31-19-25(27-20-26(40)9-10-28(27)41)22-45(31)21-24-7-5-4-6-8-24)47(35(52)23-48)17-15-29(42)37(53)44-30(38(54)55)11-12-32(49)43-16-18-46-33(50)13-14-34(46)51/h4-10,13-14,19-20,22,29-30,36,48H,11-12,15-18,21,23,42H2,1-3H3,(H,43,49)(H,44,53)(H,54,55)/t29-,30-,36-/m0/s1. The van der Waals surface area contributed by atoms with E-state index in [0.29, 0.717) is 17.8 Å². The predicted molar refractivity (Wildman–Crippen MR) is 197 cm³/mol. The maximum Gasteiger partial charge on any atom is 0.326 e. The maximum atomic E-state index is 15.0. The molecule has 0 bridgehead atoms. The van der Waals surface area contributed by atoms with Gasteiger partial charge in [-0.3, -0.25) is 28.9 Å². The lowest BCUT2D eigenvalue weighted by Crippen LogP contribution is -2.51. The molecule has 0 saturated heterocycles. The molecular formula is C39H46F2N6O8. The number of imide groups is 1.